The number of aromatic amines is 1. The van der Waals surface area contributed by atoms with Crippen LogP contribution in [0, 0.1) is 0 Å². The average Bonchev–Trinajstić information content (AvgIpc) is 3.34. The smallest absolute Gasteiger partial charge is 0.266 e. The number of hydrogen-bond acceptors (Lipinski definition) is 5. The Hall–Kier alpha value is -3.10. The predicted octanol–water partition coefficient (Wildman–Crippen LogP) is 4.13. The molecule has 2 heterocycles. The van der Waals surface area contributed by atoms with Crippen LogP contribution in [0.1, 0.15) is 18.1 Å². The van der Waals surface area contributed by atoms with Gasteiger partial charge in [-0.05, 0) is 48.7 Å². The fraction of sp³-hybridized carbons (Fsp3) is 0.208. The van der Waals surface area contributed by atoms with Crippen LogP contribution in [0.25, 0.3) is 17.0 Å². The minimum atomic E-state index is -0.688. The number of thioether (sulfide) groups is 1. The lowest BCUT2D eigenvalue weighted by atomic mass is 10.1. The van der Waals surface area contributed by atoms with Gasteiger partial charge in [0.2, 0.25) is 5.91 Å². The summed E-state index contributed by atoms with van der Waals surface area (Å²) in [4.78, 5) is 30.8. The molecule has 3 aromatic rings. The van der Waals surface area contributed by atoms with Gasteiger partial charge in [0.1, 0.15) is 16.1 Å². The summed E-state index contributed by atoms with van der Waals surface area (Å²) in [7, 11) is 1.60. The summed E-state index contributed by atoms with van der Waals surface area (Å²) >= 11 is 6.61. The molecule has 1 unspecified atom stereocenters. The molecule has 2 aromatic carbocycles. The summed E-state index contributed by atoms with van der Waals surface area (Å²) in [5.41, 5.74) is 3.08. The average molecular weight is 466 g/mol. The highest BCUT2D eigenvalue weighted by molar-refractivity contribution is 8.26. The van der Waals surface area contributed by atoms with Crippen LogP contribution in [-0.4, -0.2) is 45.7 Å². The van der Waals surface area contributed by atoms with Crippen LogP contribution in [0.3, 0.4) is 0 Å². The van der Waals surface area contributed by atoms with Crippen molar-refractivity contribution in [1.82, 2.24) is 15.2 Å². The van der Waals surface area contributed by atoms with Gasteiger partial charge in [0.05, 0.1) is 12.0 Å². The molecule has 1 fully saturated rings. The summed E-state index contributed by atoms with van der Waals surface area (Å²) in [5.74, 6) is 0.259. The predicted molar refractivity (Wildman–Crippen MR) is 132 cm³/mol. The molecule has 0 bridgehead atoms. The highest BCUT2D eigenvalue weighted by atomic mass is 32.2. The van der Waals surface area contributed by atoms with Crippen LogP contribution >= 0.6 is 24.0 Å². The van der Waals surface area contributed by atoms with Gasteiger partial charge in [-0.15, -0.1) is 0 Å². The van der Waals surface area contributed by atoms with E-state index in [-0.39, 0.29) is 11.8 Å². The molecule has 1 aromatic heterocycles. The lowest BCUT2D eigenvalue weighted by Gasteiger charge is -2.22. The van der Waals surface area contributed by atoms with Gasteiger partial charge in [-0.2, -0.15) is 0 Å². The molecule has 0 radical (unpaired) electrons. The third kappa shape index (κ3) is 4.56. The van der Waals surface area contributed by atoms with Crippen molar-refractivity contribution in [2.24, 2.45) is 0 Å². The maximum Gasteiger partial charge on any atom is 0.266 e. The fourth-order valence-corrected chi connectivity index (χ4v) is 5.01. The number of carbonyl (C=O) groups is 2. The standard InChI is InChI=1S/C24H23N3O3S2/c1-15(22(28)25-12-11-17-14-26-20-6-4-3-5-19(17)20)27-23(29)21(32-24(27)31)13-16-7-9-18(30-2)10-8-16/h3-10,13-15,26H,11-12H2,1-2H3,(H,25,28). The largest absolute Gasteiger partial charge is 0.497 e. The molecular formula is C24H23N3O3S2. The molecule has 0 saturated carbocycles. The first-order chi connectivity index (χ1) is 15.5. The summed E-state index contributed by atoms with van der Waals surface area (Å²) in [6, 6.07) is 14.8. The summed E-state index contributed by atoms with van der Waals surface area (Å²) < 4.78 is 5.54. The molecule has 0 aliphatic carbocycles. The summed E-state index contributed by atoms with van der Waals surface area (Å²) in [6.07, 6.45) is 4.44. The Morgan fingerprint density at radius 2 is 2.00 bits per heavy atom. The second-order valence-corrected chi connectivity index (χ2v) is 9.08. The van der Waals surface area contributed by atoms with Gasteiger partial charge in [-0.3, -0.25) is 14.5 Å². The number of amides is 2. The SMILES string of the molecule is COc1ccc(C=C2SC(=S)N(C(C)C(=O)NCCc3c[nH]c4ccccc34)C2=O)cc1. The minimum Gasteiger partial charge on any atom is -0.497 e. The summed E-state index contributed by atoms with van der Waals surface area (Å²) in [6.45, 7) is 2.17. The number of ether oxygens (including phenoxy) is 1. The van der Waals surface area contributed by atoms with Crippen molar-refractivity contribution < 1.29 is 14.3 Å². The second kappa shape index (κ2) is 9.58. The first-order valence-electron chi connectivity index (χ1n) is 10.2. The third-order valence-corrected chi connectivity index (χ3v) is 6.70. The van der Waals surface area contributed by atoms with Crippen molar-refractivity contribution >= 4 is 57.1 Å². The minimum absolute atomic E-state index is 0.230. The number of nitrogens with one attached hydrogen (secondary N) is 2. The van der Waals surface area contributed by atoms with E-state index in [1.54, 1.807) is 20.1 Å². The number of methoxy groups -OCH3 is 1. The van der Waals surface area contributed by atoms with Gasteiger partial charge in [-0.25, -0.2) is 0 Å². The van der Waals surface area contributed by atoms with E-state index in [4.69, 9.17) is 17.0 Å². The van der Waals surface area contributed by atoms with Crippen LogP contribution in [0.2, 0.25) is 0 Å². The van der Waals surface area contributed by atoms with E-state index in [0.29, 0.717) is 22.2 Å². The molecular weight excluding hydrogens is 442 g/mol. The van der Waals surface area contributed by atoms with E-state index in [2.05, 4.69) is 16.4 Å². The Bertz CT molecular complexity index is 1200. The van der Waals surface area contributed by atoms with E-state index < -0.39 is 6.04 Å². The van der Waals surface area contributed by atoms with Gasteiger partial charge in [0.25, 0.3) is 5.91 Å². The van der Waals surface area contributed by atoms with E-state index in [1.807, 2.05) is 48.7 Å². The number of para-hydroxylation sites is 1. The molecule has 8 heteroatoms. The maximum atomic E-state index is 12.9. The topological polar surface area (TPSA) is 74.4 Å². The van der Waals surface area contributed by atoms with Gasteiger partial charge < -0.3 is 15.0 Å². The normalized spacial score (nSPS) is 16.1. The van der Waals surface area contributed by atoms with Gasteiger partial charge in [0.15, 0.2) is 0 Å². The van der Waals surface area contributed by atoms with E-state index in [1.165, 1.54) is 16.7 Å². The molecule has 1 aliphatic rings. The molecule has 4 rings (SSSR count). The van der Waals surface area contributed by atoms with Crippen molar-refractivity contribution in [1.29, 1.82) is 0 Å². The lowest BCUT2D eigenvalue weighted by Crippen LogP contribution is -2.47. The number of thiocarbonyl (C=S) groups is 1. The number of aromatic nitrogens is 1. The van der Waals surface area contributed by atoms with Gasteiger partial charge >= 0.3 is 0 Å². The summed E-state index contributed by atoms with van der Waals surface area (Å²) in [5, 5.41) is 4.08. The zero-order chi connectivity index (χ0) is 22.7. The van der Waals surface area contributed by atoms with Gasteiger partial charge in [-0.1, -0.05) is 54.3 Å². The third-order valence-electron chi connectivity index (χ3n) is 5.37. The molecule has 32 heavy (non-hydrogen) atoms. The molecule has 0 spiro atoms. The number of hydrogen-bond donors (Lipinski definition) is 2. The molecule has 164 valence electrons. The Morgan fingerprint density at radius 1 is 1.25 bits per heavy atom. The van der Waals surface area contributed by atoms with Crippen molar-refractivity contribution in [2.75, 3.05) is 13.7 Å². The molecule has 2 amide bonds. The number of nitrogens with zero attached hydrogens (tertiary/aromatic N) is 1. The van der Waals surface area contributed by atoms with E-state index in [0.717, 1.165) is 27.8 Å². The Kier molecular flexibility index (Phi) is 6.62. The second-order valence-electron chi connectivity index (χ2n) is 7.40. The number of fused-ring (bicyclic) bond motifs is 1. The highest BCUT2D eigenvalue weighted by Gasteiger charge is 2.38. The maximum absolute atomic E-state index is 12.9. The lowest BCUT2D eigenvalue weighted by molar-refractivity contribution is -0.132. The zero-order valence-electron chi connectivity index (χ0n) is 17.8. The highest BCUT2D eigenvalue weighted by Crippen LogP contribution is 2.34. The first-order valence-corrected chi connectivity index (χ1v) is 11.4. The van der Waals surface area contributed by atoms with Crippen LogP contribution in [0.15, 0.2) is 59.6 Å². The quantitative estimate of drug-likeness (QED) is 0.406. The first kappa shape index (κ1) is 22.1. The van der Waals surface area contributed by atoms with Crippen molar-refractivity contribution in [3.05, 3.63) is 70.8 Å². The molecule has 1 aliphatic heterocycles. The van der Waals surface area contributed by atoms with E-state index >= 15 is 0 Å². The molecule has 2 N–H and O–H groups in total. The zero-order valence-corrected chi connectivity index (χ0v) is 19.4. The number of rotatable bonds is 7. The Morgan fingerprint density at radius 3 is 2.75 bits per heavy atom. The van der Waals surface area contributed by atoms with E-state index in [9.17, 15) is 9.59 Å². The number of benzene rings is 2. The molecule has 1 saturated heterocycles. The Balaban J connectivity index is 1.37. The monoisotopic (exact) mass is 465 g/mol. The fourth-order valence-electron chi connectivity index (χ4n) is 3.59. The molecule has 6 nitrogen and oxygen atoms in total. The number of H-pyrrole nitrogens is 1. The number of carbonyl (C=O) groups excluding carboxylic acids is 2. The Labute approximate surface area is 196 Å². The van der Waals surface area contributed by atoms with Crippen molar-refractivity contribution in [2.45, 2.75) is 19.4 Å². The van der Waals surface area contributed by atoms with Crippen LogP contribution < -0.4 is 10.1 Å². The van der Waals surface area contributed by atoms with Crippen LogP contribution in [-0.2, 0) is 16.0 Å². The molecule has 1 atom stereocenters. The van der Waals surface area contributed by atoms with Crippen LogP contribution in [0.5, 0.6) is 5.75 Å². The van der Waals surface area contributed by atoms with Crippen molar-refractivity contribution in [3.8, 4) is 5.75 Å². The van der Waals surface area contributed by atoms with Gasteiger partial charge in [0, 0.05) is 23.6 Å². The van der Waals surface area contributed by atoms with Crippen LogP contribution in [0.4, 0.5) is 0 Å². The van der Waals surface area contributed by atoms with Crippen molar-refractivity contribution in [3.63, 3.8) is 0 Å².